The molecule has 0 unspecified atom stereocenters. The summed E-state index contributed by atoms with van der Waals surface area (Å²) < 4.78 is 12.8. The number of rotatable bonds is 9. The predicted octanol–water partition coefficient (Wildman–Crippen LogP) is 3.95. The molecule has 3 heterocycles. The molecule has 0 saturated carbocycles. The van der Waals surface area contributed by atoms with Crippen LogP contribution in [-0.2, 0) is 16.1 Å². The fraction of sp³-hybridized carbons (Fsp3) is 0.194. The van der Waals surface area contributed by atoms with Gasteiger partial charge in [0.15, 0.2) is 5.82 Å². The lowest BCUT2D eigenvalue weighted by Gasteiger charge is -2.14. The van der Waals surface area contributed by atoms with Crippen molar-refractivity contribution in [2.75, 3.05) is 20.2 Å². The second-order valence-corrected chi connectivity index (χ2v) is 12.2. The second kappa shape index (κ2) is 13.7. The van der Waals surface area contributed by atoms with Gasteiger partial charge in [-0.2, -0.15) is 0 Å². The Bertz CT molecular complexity index is 2100. The van der Waals surface area contributed by atoms with E-state index in [1.54, 1.807) is 25.3 Å². The van der Waals surface area contributed by atoms with Crippen LogP contribution in [0.1, 0.15) is 51.2 Å². The van der Waals surface area contributed by atoms with Crippen molar-refractivity contribution in [2.24, 2.45) is 4.99 Å². The molecule has 7 rings (SSSR count). The Morgan fingerprint density at radius 2 is 1.76 bits per heavy atom. The Balaban J connectivity index is 1.03. The molecule has 0 spiro atoms. The van der Waals surface area contributed by atoms with Crippen molar-refractivity contribution in [1.29, 1.82) is 0 Å². The maximum atomic E-state index is 13.3. The number of carbonyl (C=O) groups excluding carboxylic acids is 2. The number of benzene rings is 4. The first-order chi connectivity index (χ1) is 23.8. The van der Waals surface area contributed by atoms with E-state index in [9.17, 15) is 14.6 Å². The fourth-order valence-corrected chi connectivity index (χ4v) is 6.28. The van der Waals surface area contributed by atoms with E-state index in [1.165, 1.54) is 0 Å². The van der Waals surface area contributed by atoms with Gasteiger partial charge < -0.3 is 25.0 Å². The summed E-state index contributed by atoms with van der Waals surface area (Å²) >= 11 is 6.20. The molecular formula is C36H32BClN6O5. The minimum Gasteiger partial charge on any atom is -0.497 e. The van der Waals surface area contributed by atoms with E-state index in [4.69, 9.17) is 26.0 Å². The molecule has 3 N–H and O–H groups in total. The van der Waals surface area contributed by atoms with Gasteiger partial charge in [0.05, 0.1) is 31.5 Å². The number of fused-ring (bicyclic) bond motifs is 4. The minimum atomic E-state index is -0.903. The van der Waals surface area contributed by atoms with Crippen LogP contribution in [0.15, 0.2) is 89.9 Å². The first kappa shape index (κ1) is 32.3. The maximum Gasteiger partial charge on any atom is 0.491 e. The molecule has 1 atom stereocenters. The normalized spacial score (nSPS) is 14.7. The van der Waals surface area contributed by atoms with E-state index in [1.807, 2.05) is 78.2 Å². The number of nitrogens with one attached hydrogen (secondary N) is 2. The highest BCUT2D eigenvalue weighted by molar-refractivity contribution is 6.61. The summed E-state index contributed by atoms with van der Waals surface area (Å²) in [4.78, 5) is 31.4. The molecule has 49 heavy (non-hydrogen) atoms. The molecule has 2 aliphatic rings. The lowest BCUT2D eigenvalue weighted by atomic mass is 9.79. The molecule has 2 amide bonds. The number of methoxy groups -OCH3 is 1. The van der Waals surface area contributed by atoms with Gasteiger partial charge in [0.25, 0.3) is 5.91 Å². The molecule has 246 valence electrons. The molecule has 4 aromatic carbocycles. The lowest BCUT2D eigenvalue weighted by Crippen LogP contribution is -2.35. The van der Waals surface area contributed by atoms with Crippen molar-refractivity contribution in [3.63, 3.8) is 0 Å². The number of hydrogen-bond donors (Lipinski definition) is 3. The number of ether oxygens (including phenoxy) is 1. The summed E-state index contributed by atoms with van der Waals surface area (Å²) in [6.45, 7) is 2.66. The second-order valence-electron chi connectivity index (χ2n) is 11.8. The Morgan fingerprint density at radius 1 is 0.980 bits per heavy atom. The number of aromatic nitrogens is 3. The number of aryl methyl sites for hydroxylation is 1. The lowest BCUT2D eigenvalue weighted by molar-refractivity contribution is -0.121. The molecule has 0 bridgehead atoms. The van der Waals surface area contributed by atoms with Gasteiger partial charge in [-0.25, -0.2) is 0 Å². The molecule has 5 aromatic rings. The van der Waals surface area contributed by atoms with Gasteiger partial charge in [0, 0.05) is 34.8 Å². The quantitative estimate of drug-likeness (QED) is 0.159. The Labute approximate surface area is 288 Å². The zero-order valence-corrected chi connectivity index (χ0v) is 27.6. The van der Waals surface area contributed by atoms with E-state index in [-0.39, 0.29) is 31.3 Å². The number of aliphatic imine (C=N–C) groups is 1. The Morgan fingerprint density at radius 3 is 2.57 bits per heavy atom. The van der Waals surface area contributed by atoms with Crippen molar-refractivity contribution >= 4 is 41.7 Å². The summed E-state index contributed by atoms with van der Waals surface area (Å²) in [7, 11) is 0.706. The topological polar surface area (TPSA) is 140 Å². The van der Waals surface area contributed by atoms with Crippen molar-refractivity contribution < 1.29 is 24.0 Å². The minimum absolute atomic E-state index is 0.0131. The zero-order valence-electron chi connectivity index (χ0n) is 26.8. The van der Waals surface area contributed by atoms with E-state index >= 15 is 0 Å². The van der Waals surface area contributed by atoms with Crippen LogP contribution in [0, 0.1) is 6.92 Å². The SMILES string of the molecule is COc1ccc2c(c1)C(c1ccc(Cl)cc1)=N[C@@H](CC(=O)NCCNC(=O)c1cccc(-c3ccc4c(c3)COB4O)c1)c1nnc(C)n1-2. The third-order valence-electron chi connectivity index (χ3n) is 8.63. The number of halogens is 1. The maximum absolute atomic E-state index is 13.3. The largest absolute Gasteiger partial charge is 0.497 e. The average Bonchev–Trinajstić information content (AvgIpc) is 3.66. The summed E-state index contributed by atoms with van der Waals surface area (Å²) in [6.07, 6.45) is 0.0131. The van der Waals surface area contributed by atoms with Gasteiger partial charge in [0.2, 0.25) is 5.91 Å². The molecule has 1 aromatic heterocycles. The Kier molecular flexibility index (Phi) is 9.00. The molecule has 0 saturated heterocycles. The third kappa shape index (κ3) is 6.58. The van der Waals surface area contributed by atoms with Crippen LogP contribution in [-0.4, -0.2) is 64.6 Å². The van der Waals surface area contributed by atoms with Gasteiger partial charge in [-0.1, -0.05) is 48.0 Å². The molecule has 11 nitrogen and oxygen atoms in total. The summed E-state index contributed by atoms with van der Waals surface area (Å²) in [5.41, 5.74) is 7.11. The van der Waals surface area contributed by atoms with E-state index in [0.29, 0.717) is 40.3 Å². The van der Waals surface area contributed by atoms with E-state index in [0.717, 1.165) is 39.0 Å². The average molecular weight is 675 g/mol. The molecule has 2 aliphatic heterocycles. The number of nitrogens with zero attached hydrogens (tertiary/aromatic N) is 4. The van der Waals surface area contributed by atoms with E-state index < -0.39 is 13.2 Å². The molecule has 13 heteroatoms. The first-order valence-electron chi connectivity index (χ1n) is 15.8. The molecular weight excluding hydrogens is 643 g/mol. The van der Waals surface area contributed by atoms with Gasteiger partial charge in [-0.3, -0.25) is 19.1 Å². The van der Waals surface area contributed by atoms with Crippen LogP contribution in [0.4, 0.5) is 0 Å². The highest BCUT2D eigenvalue weighted by atomic mass is 35.5. The summed E-state index contributed by atoms with van der Waals surface area (Å²) in [6, 6.07) is 25.5. The van der Waals surface area contributed by atoms with Crippen LogP contribution in [0.5, 0.6) is 5.75 Å². The molecule has 0 aliphatic carbocycles. The van der Waals surface area contributed by atoms with E-state index in [2.05, 4.69) is 20.8 Å². The Hall–Kier alpha value is -5.30. The van der Waals surface area contributed by atoms with Gasteiger partial charge in [-0.05, 0) is 77.6 Å². The fourth-order valence-electron chi connectivity index (χ4n) is 6.15. The summed E-state index contributed by atoms with van der Waals surface area (Å²) in [5, 5.41) is 25.1. The van der Waals surface area contributed by atoms with Crippen molar-refractivity contribution in [2.45, 2.75) is 26.0 Å². The van der Waals surface area contributed by atoms with Crippen LogP contribution < -0.4 is 20.8 Å². The van der Waals surface area contributed by atoms with Gasteiger partial charge in [0.1, 0.15) is 17.6 Å². The molecule has 0 fully saturated rings. The van der Waals surface area contributed by atoms with Gasteiger partial charge in [-0.15, -0.1) is 10.2 Å². The zero-order chi connectivity index (χ0) is 34.1. The third-order valence-corrected chi connectivity index (χ3v) is 8.88. The van der Waals surface area contributed by atoms with Crippen molar-refractivity contribution in [3.8, 4) is 22.6 Å². The van der Waals surface area contributed by atoms with Crippen LogP contribution in [0.3, 0.4) is 0 Å². The molecule has 0 radical (unpaired) electrons. The number of amides is 2. The highest BCUT2D eigenvalue weighted by Crippen LogP contribution is 2.34. The van der Waals surface area contributed by atoms with Crippen LogP contribution >= 0.6 is 11.6 Å². The monoisotopic (exact) mass is 674 g/mol. The van der Waals surface area contributed by atoms with Crippen molar-refractivity contribution in [3.05, 3.63) is 124 Å². The smallest absolute Gasteiger partial charge is 0.491 e. The van der Waals surface area contributed by atoms with Gasteiger partial charge >= 0.3 is 7.12 Å². The number of carbonyl (C=O) groups is 2. The summed E-state index contributed by atoms with van der Waals surface area (Å²) in [5.74, 6) is 1.37. The first-order valence-corrected chi connectivity index (χ1v) is 16.2. The standard InChI is InChI=1S/C36H32BClN6O5/c1-21-42-43-35-31(41-34(22-6-9-27(38)10-7-22)29-18-28(48-2)11-13-32(29)44(21)35)19-33(45)39-14-15-40-36(46)25-5-3-4-23(16-25)24-8-12-30-26(17-24)20-49-37(30)47/h3-13,16-18,31,47H,14-15,19-20H2,1-2H3,(H,39,45)(H,40,46)/t31-/m0/s1. The van der Waals surface area contributed by atoms with Crippen molar-refractivity contribution in [1.82, 2.24) is 25.4 Å². The number of hydrogen-bond acceptors (Lipinski definition) is 8. The van der Waals surface area contributed by atoms with Crippen LogP contribution in [0.25, 0.3) is 16.8 Å². The van der Waals surface area contributed by atoms with Crippen LogP contribution in [0.2, 0.25) is 5.02 Å². The predicted molar refractivity (Wildman–Crippen MR) is 187 cm³/mol. The highest BCUT2D eigenvalue weighted by Gasteiger charge is 2.30.